The Morgan fingerprint density at radius 2 is 1.80 bits per heavy atom. The van der Waals surface area contributed by atoms with Crippen LogP contribution in [0.1, 0.15) is 37.3 Å². The number of rotatable bonds is 5. The van der Waals surface area contributed by atoms with Crippen LogP contribution in [0.15, 0.2) is 54.6 Å². The van der Waals surface area contributed by atoms with Crippen molar-refractivity contribution in [2.24, 2.45) is 5.92 Å². The number of likely N-dealkylation sites (tertiary alicyclic amines) is 1. The molecule has 1 aliphatic heterocycles. The smallest absolute Gasteiger partial charge is 0.229 e. The van der Waals surface area contributed by atoms with Crippen LogP contribution in [0.5, 0.6) is 0 Å². The third-order valence-corrected chi connectivity index (χ3v) is 4.64. The Kier molecular flexibility index (Phi) is 5.17. The number of amides is 2. The molecule has 4 nitrogen and oxygen atoms in total. The molecule has 0 aliphatic carbocycles. The average Bonchev–Trinajstić information content (AvgIpc) is 2.97. The molecule has 1 N–H and O–H groups in total. The van der Waals surface area contributed by atoms with Gasteiger partial charge in [0.2, 0.25) is 11.8 Å². The molecule has 0 radical (unpaired) electrons. The summed E-state index contributed by atoms with van der Waals surface area (Å²) in [6.45, 7) is 5.24. The molecule has 3 rings (SSSR count). The Morgan fingerprint density at radius 1 is 1.12 bits per heavy atom. The van der Waals surface area contributed by atoms with Gasteiger partial charge in [-0.25, -0.2) is 0 Å². The molecular weight excluding hydrogens is 312 g/mol. The van der Waals surface area contributed by atoms with Gasteiger partial charge in [-0.1, -0.05) is 62.4 Å². The number of carbonyl (C=O) groups excluding carboxylic acids is 2. The maximum absolute atomic E-state index is 12.6. The molecule has 0 spiro atoms. The minimum absolute atomic E-state index is 0.0427. The van der Waals surface area contributed by atoms with E-state index in [4.69, 9.17) is 0 Å². The first-order valence-corrected chi connectivity index (χ1v) is 8.76. The van der Waals surface area contributed by atoms with Crippen LogP contribution in [0.4, 0.5) is 5.69 Å². The third-order valence-electron chi connectivity index (χ3n) is 4.64. The topological polar surface area (TPSA) is 49.4 Å². The van der Waals surface area contributed by atoms with Gasteiger partial charge >= 0.3 is 0 Å². The molecule has 2 aromatic carbocycles. The Balaban J connectivity index is 1.65. The molecule has 4 heteroatoms. The lowest BCUT2D eigenvalue weighted by molar-refractivity contribution is -0.128. The van der Waals surface area contributed by atoms with Crippen LogP contribution in [0.25, 0.3) is 0 Å². The van der Waals surface area contributed by atoms with Crippen LogP contribution < -0.4 is 5.32 Å². The molecule has 0 aromatic heterocycles. The summed E-state index contributed by atoms with van der Waals surface area (Å²) in [5.74, 6) is 0.00544. The minimum atomic E-state index is -0.295. The lowest BCUT2D eigenvalue weighted by Crippen LogP contribution is -2.28. The van der Waals surface area contributed by atoms with Crippen LogP contribution >= 0.6 is 0 Å². The number of hydrogen-bond donors (Lipinski definition) is 1. The van der Waals surface area contributed by atoms with Gasteiger partial charge in [0.1, 0.15) is 0 Å². The summed E-state index contributed by atoms with van der Waals surface area (Å²) in [5.41, 5.74) is 3.04. The number of nitrogens with one attached hydrogen (secondary N) is 1. The Morgan fingerprint density at radius 3 is 2.52 bits per heavy atom. The predicted molar refractivity (Wildman–Crippen MR) is 99.1 cm³/mol. The quantitative estimate of drug-likeness (QED) is 0.903. The van der Waals surface area contributed by atoms with Crippen LogP contribution in [-0.4, -0.2) is 23.3 Å². The number of hydrogen-bond acceptors (Lipinski definition) is 2. The second kappa shape index (κ2) is 7.51. The monoisotopic (exact) mass is 336 g/mol. The molecule has 130 valence electrons. The normalized spacial score (nSPS) is 17.2. The maximum atomic E-state index is 12.6. The van der Waals surface area contributed by atoms with Crippen LogP contribution in [0.3, 0.4) is 0 Å². The van der Waals surface area contributed by atoms with Crippen molar-refractivity contribution in [3.63, 3.8) is 0 Å². The number of anilines is 1. The molecule has 1 atom stereocenters. The number of carbonyl (C=O) groups is 2. The van der Waals surface area contributed by atoms with Crippen molar-refractivity contribution in [2.45, 2.75) is 32.7 Å². The highest BCUT2D eigenvalue weighted by Gasteiger charge is 2.34. The summed E-state index contributed by atoms with van der Waals surface area (Å²) >= 11 is 0. The number of nitrogens with zero attached hydrogens (tertiary/aromatic N) is 1. The second-order valence-corrected chi connectivity index (χ2v) is 6.89. The van der Waals surface area contributed by atoms with Gasteiger partial charge in [0.15, 0.2) is 0 Å². The van der Waals surface area contributed by atoms with Crippen molar-refractivity contribution < 1.29 is 9.59 Å². The van der Waals surface area contributed by atoms with Crippen molar-refractivity contribution >= 4 is 17.5 Å². The number of benzene rings is 2. The zero-order chi connectivity index (χ0) is 17.8. The highest BCUT2D eigenvalue weighted by Crippen LogP contribution is 2.26. The summed E-state index contributed by atoms with van der Waals surface area (Å²) < 4.78 is 0. The molecule has 1 fully saturated rings. The SMILES string of the molecule is CC(C)c1ccccc1NC(=O)C1CC(=O)N(Cc2ccccc2)C1. The summed E-state index contributed by atoms with van der Waals surface area (Å²) in [7, 11) is 0. The van der Waals surface area contributed by atoms with Crippen LogP contribution in [0.2, 0.25) is 0 Å². The zero-order valence-corrected chi connectivity index (χ0v) is 14.7. The Labute approximate surface area is 148 Å². The first-order valence-electron chi connectivity index (χ1n) is 8.76. The van der Waals surface area contributed by atoms with E-state index in [1.807, 2.05) is 54.6 Å². The fourth-order valence-corrected chi connectivity index (χ4v) is 3.25. The standard InChI is InChI=1S/C21H24N2O2/c1-15(2)18-10-6-7-11-19(18)22-21(25)17-12-20(24)23(14-17)13-16-8-4-3-5-9-16/h3-11,15,17H,12-14H2,1-2H3,(H,22,25). The average molecular weight is 336 g/mol. The summed E-state index contributed by atoms with van der Waals surface area (Å²) in [4.78, 5) is 26.7. The zero-order valence-electron chi connectivity index (χ0n) is 14.7. The highest BCUT2D eigenvalue weighted by atomic mass is 16.2. The predicted octanol–water partition coefficient (Wildman–Crippen LogP) is 3.80. The molecule has 1 saturated heterocycles. The fourth-order valence-electron chi connectivity index (χ4n) is 3.25. The summed E-state index contributed by atoms with van der Waals surface area (Å²) in [5, 5.41) is 3.02. The highest BCUT2D eigenvalue weighted by molar-refractivity contribution is 5.97. The Bertz CT molecular complexity index is 756. The van der Waals surface area contributed by atoms with E-state index in [2.05, 4.69) is 19.2 Å². The van der Waals surface area contributed by atoms with Gasteiger partial charge in [-0.05, 0) is 23.1 Å². The van der Waals surface area contributed by atoms with Crippen molar-refractivity contribution in [2.75, 3.05) is 11.9 Å². The second-order valence-electron chi connectivity index (χ2n) is 6.89. The van der Waals surface area contributed by atoms with Gasteiger partial charge in [0.25, 0.3) is 0 Å². The van der Waals surface area contributed by atoms with Crippen LogP contribution in [0, 0.1) is 5.92 Å². The van der Waals surface area contributed by atoms with Gasteiger partial charge in [-0.3, -0.25) is 9.59 Å². The van der Waals surface area contributed by atoms with Crippen molar-refractivity contribution in [1.29, 1.82) is 0 Å². The van der Waals surface area contributed by atoms with Crippen LogP contribution in [-0.2, 0) is 16.1 Å². The molecule has 0 saturated carbocycles. The molecule has 2 aromatic rings. The minimum Gasteiger partial charge on any atom is -0.338 e. The van der Waals surface area contributed by atoms with Gasteiger partial charge in [-0.2, -0.15) is 0 Å². The number of para-hydroxylation sites is 1. The van der Waals surface area contributed by atoms with E-state index < -0.39 is 0 Å². The summed E-state index contributed by atoms with van der Waals surface area (Å²) in [6, 6.07) is 17.7. The molecule has 1 unspecified atom stereocenters. The van der Waals surface area contributed by atoms with E-state index in [1.54, 1.807) is 4.90 Å². The van der Waals surface area contributed by atoms with Crippen molar-refractivity contribution in [1.82, 2.24) is 4.90 Å². The van der Waals surface area contributed by atoms with Gasteiger partial charge in [-0.15, -0.1) is 0 Å². The molecule has 2 amide bonds. The van der Waals surface area contributed by atoms with Gasteiger partial charge in [0.05, 0.1) is 5.92 Å². The van der Waals surface area contributed by atoms with Crippen molar-refractivity contribution in [3.8, 4) is 0 Å². The Hall–Kier alpha value is -2.62. The lowest BCUT2D eigenvalue weighted by atomic mass is 10.0. The first kappa shape index (κ1) is 17.2. The summed E-state index contributed by atoms with van der Waals surface area (Å²) in [6.07, 6.45) is 0.280. The van der Waals surface area contributed by atoms with E-state index >= 15 is 0 Å². The third kappa shape index (κ3) is 4.08. The van der Waals surface area contributed by atoms with E-state index in [0.29, 0.717) is 19.0 Å². The maximum Gasteiger partial charge on any atom is 0.229 e. The van der Waals surface area contributed by atoms with E-state index in [9.17, 15) is 9.59 Å². The van der Waals surface area contributed by atoms with Gasteiger partial charge in [0, 0.05) is 25.2 Å². The molecule has 1 heterocycles. The molecule has 0 bridgehead atoms. The largest absolute Gasteiger partial charge is 0.338 e. The first-order chi connectivity index (χ1) is 12.0. The fraction of sp³-hybridized carbons (Fsp3) is 0.333. The van der Waals surface area contributed by atoms with Gasteiger partial charge < -0.3 is 10.2 Å². The lowest BCUT2D eigenvalue weighted by Gasteiger charge is -2.18. The molecule has 1 aliphatic rings. The van der Waals surface area contributed by atoms with E-state index in [0.717, 1.165) is 16.8 Å². The molecule has 25 heavy (non-hydrogen) atoms. The van der Waals surface area contributed by atoms with E-state index in [-0.39, 0.29) is 24.2 Å². The molecular formula is C21H24N2O2. The van der Waals surface area contributed by atoms with E-state index in [1.165, 1.54) is 0 Å². The van der Waals surface area contributed by atoms with Crippen molar-refractivity contribution in [3.05, 3.63) is 65.7 Å².